The van der Waals surface area contributed by atoms with Gasteiger partial charge in [-0.25, -0.2) is 0 Å². The zero-order valence-electron chi connectivity index (χ0n) is 20.4. The van der Waals surface area contributed by atoms with E-state index >= 15 is 0 Å². The molecule has 0 N–H and O–H groups in total. The second-order valence-corrected chi connectivity index (χ2v) is 12.2. The van der Waals surface area contributed by atoms with Gasteiger partial charge in [0.15, 0.2) is 0 Å². The lowest BCUT2D eigenvalue weighted by Gasteiger charge is -2.46. The second-order valence-electron chi connectivity index (χ2n) is 12.2. The molecule has 0 radical (unpaired) electrons. The average Bonchev–Trinajstić information content (AvgIpc) is 3.23. The summed E-state index contributed by atoms with van der Waals surface area (Å²) in [6, 6.07) is 1.61. The molecular weight excluding hydrogens is 398 g/mol. The van der Waals surface area contributed by atoms with Crippen molar-refractivity contribution in [3.05, 3.63) is 0 Å². The summed E-state index contributed by atoms with van der Waals surface area (Å²) in [5, 5.41) is 0. The Balaban J connectivity index is 1.04. The zero-order chi connectivity index (χ0) is 22.1. The standard InChI is InChI=1S/C27H43N3O2/c1-19-26(2)25(32)30(23-9-5-6-14-27(19,23)26)22-12-15-28(16-13-22)21-10-17-29(18-11-21)24(31)20-7-3-4-8-20/h19-23H,3-18H2,1-2H3/t19-,23+,26?,27?/m0/s1. The molecule has 0 bridgehead atoms. The summed E-state index contributed by atoms with van der Waals surface area (Å²) in [6.07, 6.45) is 14.4. The normalized spacial score (nSPS) is 41.8. The molecule has 1 spiro atoms. The molecule has 2 amide bonds. The smallest absolute Gasteiger partial charge is 0.229 e. The first-order valence-electron chi connectivity index (χ1n) is 13.8. The molecule has 6 aliphatic rings. The predicted molar refractivity (Wildman–Crippen MR) is 125 cm³/mol. The fraction of sp³-hybridized carbons (Fsp3) is 0.926. The van der Waals surface area contributed by atoms with E-state index in [1.807, 2.05) is 0 Å². The van der Waals surface area contributed by atoms with Crippen LogP contribution in [0, 0.1) is 22.7 Å². The van der Waals surface area contributed by atoms with Crippen molar-refractivity contribution in [3.63, 3.8) is 0 Å². The van der Waals surface area contributed by atoms with E-state index in [0.29, 0.717) is 47.2 Å². The Labute approximate surface area is 194 Å². The van der Waals surface area contributed by atoms with Crippen LogP contribution in [0.4, 0.5) is 0 Å². The number of piperidine rings is 3. The van der Waals surface area contributed by atoms with Gasteiger partial charge in [0.1, 0.15) is 0 Å². The van der Waals surface area contributed by atoms with Crippen LogP contribution in [0.2, 0.25) is 0 Å². The molecule has 32 heavy (non-hydrogen) atoms. The highest BCUT2D eigenvalue weighted by Crippen LogP contribution is 2.79. The summed E-state index contributed by atoms with van der Waals surface area (Å²) in [7, 11) is 0. The van der Waals surface area contributed by atoms with Crippen LogP contribution in [-0.2, 0) is 9.59 Å². The van der Waals surface area contributed by atoms with Crippen LogP contribution >= 0.6 is 0 Å². The van der Waals surface area contributed by atoms with Crippen LogP contribution in [0.25, 0.3) is 0 Å². The summed E-state index contributed by atoms with van der Waals surface area (Å²) in [5.41, 5.74) is 0.242. The van der Waals surface area contributed by atoms with Crippen molar-refractivity contribution in [1.82, 2.24) is 14.7 Å². The Kier molecular flexibility index (Phi) is 5.17. The number of amides is 2. The molecule has 3 aliphatic heterocycles. The largest absolute Gasteiger partial charge is 0.342 e. The van der Waals surface area contributed by atoms with Crippen molar-refractivity contribution < 1.29 is 9.59 Å². The van der Waals surface area contributed by atoms with Gasteiger partial charge in [0.25, 0.3) is 0 Å². The van der Waals surface area contributed by atoms with E-state index in [1.54, 1.807) is 0 Å². The topological polar surface area (TPSA) is 43.9 Å². The summed E-state index contributed by atoms with van der Waals surface area (Å²) >= 11 is 0. The molecule has 5 nitrogen and oxygen atoms in total. The first-order chi connectivity index (χ1) is 15.5. The van der Waals surface area contributed by atoms with Crippen molar-refractivity contribution >= 4 is 11.8 Å². The molecule has 3 saturated carbocycles. The summed E-state index contributed by atoms with van der Waals surface area (Å²) < 4.78 is 0. The fourth-order valence-electron chi connectivity index (χ4n) is 9.27. The molecule has 3 heterocycles. The second kappa shape index (κ2) is 7.71. The van der Waals surface area contributed by atoms with Crippen molar-refractivity contribution in [2.24, 2.45) is 22.7 Å². The molecule has 4 atom stereocenters. The minimum Gasteiger partial charge on any atom is -0.342 e. The maximum absolute atomic E-state index is 13.6. The maximum Gasteiger partial charge on any atom is 0.229 e. The van der Waals surface area contributed by atoms with Crippen molar-refractivity contribution in [1.29, 1.82) is 0 Å². The van der Waals surface area contributed by atoms with Gasteiger partial charge < -0.3 is 14.7 Å². The number of nitrogens with zero attached hydrogens (tertiary/aromatic N) is 3. The van der Waals surface area contributed by atoms with Crippen LogP contribution < -0.4 is 0 Å². The van der Waals surface area contributed by atoms with Crippen LogP contribution in [-0.4, -0.2) is 70.8 Å². The Morgan fingerprint density at radius 2 is 1.47 bits per heavy atom. The van der Waals surface area contributed by atoms with Crippen LogP contribution in [0.1, 0.15) is 90.9 Å². The van der Waals surface area contributed by atoms with Gasteiger partial charge in [-0.2, -0.15) is 0 Å². The van der Waals surface area contributed by atoms with Crippen LogP contribution in [0.15, 0.2) is 0 Å². The molecule has 178 valence electrons. The number of carbonyl (C=O) groups excluding carboxylic acids is 2. The highest BCUT2D eigenvalue weighted by atomic mass is 16.2. The molecule has 6 rings (SSSR count). The fourth-order valence-corrected chi connectivity index (χ4v) is 9.27. The van der Waals surface area contributed by atoms with E-state index in [0.717, 1.165) is 64.7 Å². The third-order valence-electron chi connectivity index (χ3n) is 11.3. The molecule has 3 aliphatic carbocycles. The highest BCUT2D eigenvalue weighted by Gasteiger charge is 2.84. The zero-order valence-corrected chi connectivity index (χ0v) is 20.4. The van der Waals surface area contributed by atoms with Gasteiger partial charge in [0.05, 0.1) is 5.41 Å². The molecule has 0 aromatic rings. The number of rotatable bonds is 3. The van der Waals surface area contributed by atoms with Crippen molar-refractivity contribution in [2.45, 2.75) is 109 Å². The Morgan fingerprint density at radius 3 is 2.16 bits per heavy atom. The van der Waals surface area contributed by atoms with E-state index in [4.69, 9.17) is 0 Å². The Morgan fingerprint density at radius 1 is 0.844 bits per heavy atom. The van der Waals surface area contributed by atoms with Crippen molar-refractivity contribution in [3.8, 4) is 0 Å². The molecule has 2 unspecified atom stereocenters. The Bertz CT molecular complexity index is 763. The van der Waals surface area contributed by atoms with Gasteiger partial charge in [0.2, 0.25) is 11.8 Å². The van der Waals surface area contributed by atoms with E-state index in [-0.39, 0.29) is 5.41 Å². The SMILES string of the molecule is C[C@H]1C2(C)C(=O)N(C3CCN(C4CCN(C(=O)C5CCCC5)CC4)CC3)[C@@H]3CCCCC312. The predicted octanol–water partition coefficient (Wildman–Crippen LogP) is 4.06. The minimum absolute atomic E-state index is 0.0616. The summed E-state index contributed by atoms with van der Waals surface area (Å²) in [5.74, 6) is 1.84. The van der Waals surface area contributed by atoms with Gasteiger partial charge in [-0.1, -0.05) is 32.6 Å². The summed E-state index contributed by atoms with van der Waals surface area (Å²) in [4.78, 5) is 33.7. The molecule has 6 fully saturated rings. The number of hydrogen-bond acceptors (Lipinski definition) is 3. The third-order valence-corrected chi connectivity index (χ3v) is 11.3. The molecule has 3 saturated heterocycles. The lowest BCUT2D eigenvalue weighted by molar-refractivity contribution is -0.139. The van der Waals surface area contributed by atoms with Crippen LogP contribution in [0.5, 0.6) is 0 Å². The van der Waals surface area contributed by atoms with E-state index in [1.165, 1.54) is 38.5 Å². The quantitative estimate of drug-likeness (QED) is 0.663. The van der Waals surface area contributed by atoms with Crippen molar-refractivity contribution in [2.75, 3.05) is 26.2 Å². The molecule has 0 aromatic carbocycles. The van der Waals surface area contributed by atoms with Gasteiger partial charge in [-0.05, 0) is 64.2 Å². The first-order valence-corrected chi connectivity index (χ1v) is 13.8. The minimum atomic E-state index is -0.0616. The number of carbonyl (C=O) groups is 2. The third kappa shape index (κ3) is 2.85. The van der Waals surface area contributed by atoms with Crippen LogP contribution in [0.3, 0.4) is 0 Å². The monoisotopic (exact) mass is 441 g/mol. The van der Waals surface area contributed by atoms with E-state index in [2.05, 4.69) is 28.5 Å². The Hall–Kier alpha value is -1.10. The number of hydrogen-bond donors (Lipinski definition) is 0. The van der Waals surface area contributed by atoms with E-state index in [9.17, 15) is 9.59 Å². The van der Waals surface area contributed by atoms with Gasteiger partial charge in [0, 0.05) is 55.6 Å². The molecular formula is C27H43N3O2. The lowest BCUT2D eigenvalue weighted by atomic mass is 9.77. The van der Waals surface area contributed by atoms with Gasteiger partial charge in [-0.15, -0.1) is 0 Å². The maximum atomic E-state index is 13.6. The molecule has 5 heteroatoms. The highest BCUT2D eigenvalue weighted by molar-refractivity contribution is 5.92. The average molecular weight is 442 g/mol. The summed E-state index contributed by atoms with van der Waals surface area (Å²) in [6.45, 7) is 8.79. The lowest BCUT2D eigenvalue weighted by Crippen LogP contribution is -2.55. The van der Waals surface area contributed by atoms with E-state index < -0.39 is 0 Å². The number of likely N-dealkylation sites (tertiary alicyclic amines) is 3. The first kappa shape index (κ1) is 21.4. The van der Waals surface area contributed by atoms with Gasteiger partial charge >= 0.3 is 0 Å². The molecule has 0 aromatic heterocycles. The van der Waals surface area contributed by atoms with Gasteiger partial charge in [-0.3, -0.25) is 9.59 Å².